The number of anilines is 2. The number of carbonyl (C=O) groups excluding carboxylic acids is 1. The highest BCUT2D eigenvalue weighted by Gasteiger charge is 2.17. The Morgan fingerprint density at radius 1 is 1.30 bits per heavy atom. The number of amides is 1. The maximum atomic E-state index is 12.1. The van der Waals surface area contributed by atoms with Crippen molar-refractivity contribution in [2.45, 2.75) is 19.3 Å². The molecule has 1 saturated heterocycles. The van der Waals surface area contributed by atoms with Crippen LogP contribution in [0.15, 0.2) is 18.2 Å². The molecule has 0 saturated carbocycles. The van der Waals surface area contributed by atoms with Gasteiger partial charge in [0.15, 0.2) is 6.61 Å². The summed E-state index contributed by atoms with van der Waals surface area (Å²) in [4.78, 5) is 15.9. The van der Waals surface area contributed by atoms with Crippen LogP contribution in [0.25, 0.3) is 0 Å². The first-order valence-corrected chi connectivity index (χ1v) is 7.05. The number of nitrogens with zero attached hydrogens (tertiary/aromatic N) is 2. The number of nitrogen functional groups attached to an aromatic ring is 1. The van der Waals surface area contributed by atoms with Gasteiger partial charge in [0.25, 0.3) is 5.91 Å². The van der Waals surface area contributed by atoms with Crippen molar-refractivity contribution in [3.63, 3.8) is 0 Å². The molecule has 0 aromatic heterocycles. The molecule has 0 spiro atoms. The number of benzene rings is 1. The fourth-order valence-corrected chi connectivity index (χ4v) is 2.30. The molecule has 0 bridgehead atoms. The second-order valence-corrected chi connectivity index (χ2v) is 5.35. The van der Waals surface area contributed by atoms with E-state index in [0.717, 1.165) is 31.6 Å². The van der Waals surface area contributed by atoms with Gasteiger partial charge in [0.05, 0.1) is 5.69 Å². The molecule has 5 heteroatoms. The van der Waals surface area contributed by atoms with Crippen LogP contribution in [0.3, 0.4) is 0 Å². The van der Waals surface area contributed by atoms with E-state index in [4.69, 9.17) is 10.5 Å². The molecule has 1 aromatic rings. The smallest absolute Gasteiger partial charge is 0.260 e. The quantitative estimate of drug-likeness (QED) is 0.851. The summed E-state index contributed by atoms with van der Waals surface area (Å²) < 4.78 is 5.60. The van der Waals surface area contributed by atoms with Crippen molar-refractivity contribution >= 4 is 17.3 Å². The van der Waals surface area contributed by atoms with E-state index in [2.05, 4.69) is 0 Å². The first-order chi connectivity index (χ1) is 9.58. The van der Waals surface area contributed by atoms with Crippen LogP contribution >= 0.6 is 0 Å². The van der Waals surface area contributed by atoms with Crippen molar-refractivity contribution < 1.29 is 9.53 Å². The Morgan fingerprint density at radius 2 is 2.00 bits per heavy atom. The fourth-order valence-electron chi connectivity index (χ4n) is 2.30. The van der Waals surface area contributed by atoms with Crippen LogP contribution in [-0.2, 0) is 4.79 Å². The largest absolute Gasteiger partial charge is 0.482 e. The highest BCUT2D eigenvalue weighted by atomic mass is 16.5. The minimum Gasteiger partial charge on any atom is -0.482 e. The van der Waals surface area contributed by atoms with Crippen LogP contribution in [0.1, 0.15) is 19.3 Å². The van der Waals surface area contributed by atoms with Crippen LogP contribution in [-0.4, -0.2) is 44.6 Å². The van der Waals surface area contributed by atoms with E-state index in [-0.39, 0.29) is 12.5 Å². The van der Waals surface area contributed by atoms with Gasteiger partial charge < -0.3 is 20.3 Å². The normalized spacial score (nSPS) is 15.0. The Balaban J connectivity index is 1.95. The van der Waals surface area contributed by atoms with Crippen LogP contribution < -0.4 is 15.4 Å². The van der Waals surface area contributed by atoms with Gasteiger partial charge in [0.2, 0.25) is 0 Å². The molecule has 110 valence electrons. The standard InChI is InChI=1S/C15H23N3O2/c1-17(2)12-6-7-13(16)14(10-12)20-11-15(19)18-8-4-3-5-9-18/h6-7,10H,3-5,8-9,11,16H2,1-2H3. The number of likely N-dealkylation sites (tertiary alicyclic amines) is 1. The summed E-state index contributed by atoms with van der Waals surface area (Å²) in [6.07, 6.45) is 3.39. The predicted molar refractivity (Wildman–Crippen MR) is 81.1 cm³/mol. The lowest BCUT2D eigenvalue weighted by molar-refractivity contribution is -0.134. The maximum absolute atomic E-state index is 12.1. The van der Waals surface area contributed by atoms with Gasteiger partial charge in [-0.25, -0.2) is 0 Å². The number of ether oxygens (including phenoxy) is 1. The van der Waals surface area contributed by atoms with Gasteiger partial charge in [-0.05, 0) is 31.4 Å². The second kappa shape index (κ2) is 6.50. The summed E-state index contributed by atoms with van der Waals surface area (Å²) in [6, 6.07) is 5.59. The molecule has 2 N–H and O–H groups in total. The molecule has 0 aliphatic carbocycles. The molecule has 0 radical (unpaired) electrons. The summed E-state index contributed by atoms with van der Waals surface area (Å²) in [5, 5.41) is 0. The molecule has 1 aliphatic rings. The minimum absolute atomic E-state index is 0.0411. The molecule has 1 amide bonds. The monoisotopic (exact) mass is 277 g/mol. The molecule has 1 heterocycles. The van der Waals surface area contributed by atoms with Crippen molar-refractivity contribution in [2.24, 2.45) is 0 Å². The lowest BCUT2D eigenvalue weighted by atomic mass is 10.1. The summed E-state index contributed by atoms with van der Waals surface area (Å²) in [5.41, 5.74) is 7.44. The number of carbonyl (C=O) groups is 1. The van der Waals surface area contributed by atoms with E-state index >= 15 is 0 Å². The zero-order valence-corrected chi connectivity index (χ0v) is 12.3. The molecule has 0 atom stereocenters. The van der Waals surface area contributed by atoms with Crippen molar-refractivity contribution in [3.8, 4) is 5.75 Å². The number of rotatable bonds is 4. The fraction of sp³-hybridized carbons (Fsp3) is 0.533. The van der Waals surface area contributed by atoms with Gasteiger partial charge in [0.1, 0.15) is 5.75 Å². The molecular weight excluding hydrogens is 254 g/mol. The van der Waals surface area contributed by atoms with Gasteiger partial charge in [-0.15, -0.1) is 0 Å². The molecular formula is C15H23N3O2. The minimum atomic E-state index is 0.0411. The molecule has 5 nitrogen and oxygen atoms in total. The molecule has 2 rings (SSSR count). The van der Waals surface area contributed by atoms with Crippen LogP contribution in [0.2, 0.25) is 0 Å². The number of hydrogen-bond acceptors (Lipinski definition) is 4. The maximum Gasteiger partial charge on any atom is 0.260 e. The average Bonchev–Trinajstić information content (AvgIpc) is 2.46. The predicted octanol–water partition coefficient (Wildman–Crippen LogP) is 1.73. The van der Waals surface area contributed by atoms with Gasteiger partial charge in [-0.1, -0.05) is 0 Å². The van der Waals surface area contributed by atoms with Crippen LogP contribution in [0, 0.1) is 0 Å². The third-order valence-electron chi connectivity index (χ3n) is 3.57. The van der Waals surface area contributed by atoms with Crippen LogP contribution in [0.4, 0.5) is 11.4 Å². The number of nitrogens with two attached hydrogens (primary N) is 1. The topological polar surface area (TPSA) is 58.8 Å². The Bertz CT molecular complexity index is 468. The number of hydrogen-bond donors (Lipinski definition) is 1. The van der Waals surface area contributed by atoms with E-state index in [0.29, 0.717) is 11.4 Å². The molecule has 1 aromatic carbocycles. The van der Waals surface area contributed by atoms with Crippen molar-refractivity contribution in [1.29, 1.82) is 0 Å². The molecule has 0 unspecified atom stereocenters. The lowest BCUT2D eigenvalue weighted by Crippen LogP contribution is -2.38. The first-order valence-electron chi connectivity index (χ1n) is 7.05. The second-order valence-electron chi connectivity index (χ2n) is 5.35. The van der Waals surface area contributed by atoms with Gasteiger partial charge in [-0.2, -0.15) is 0 Å². The first kappa shape index (κ1) is 14.5. The van der Waals surface area contributed by atoms with Gasteiger partial charge in [-0.3, -0.25) is 4.79 Å². The van der Waals surface area contributed by atoms with E-state index < -0.39 is 0 Å². The van der Waals surface area contributed by atoms with Gasteiger partial charge in [0, 0.05) is 38.9 Å². The molecule has 1 fully saturated rings. The summed E-state index contributed by atoms with van der Waals surface area (Å²) >= 11 is 0. The Morgan fingerprint density at radius 3 is 2.65 bits per heavy atom. The zero-order valence-electron chi connectivity index (χ0n) is 12.3. The Kier molecular flexibility index (Phi) is 4.71. The van der Waals surface area contributed by atoms with Crippen molar-refractivity contribution in [2.75, 3.05) is 44.4 Å². The molecule has 1 aliphatic heterocycles. The highest BCUT2D eigenvalue weighted by molar-refractivity contribution is 5.78. The number of piperidine rings is 1. The van der Waals surface area contributed by atoms with E-state index in [1.54, 1.807) is 6.07 Å². The summed E-state index contributed by atoms with van der Waals surface area (Å²) in [7, 11) is 3.91. The van der Waals surface area contributed by atoms with Gasteiger partial charge >= 0.3 is 0 Å². The van der Waals surface area contributed by atoms with Crippen molar-refractivity contribution in [3.05, 3.63) is 18.2 Å². The average molecular weight is 277 g/mol. The highest BCUT2D eigenvalue weighted by Crippen LogP contribution is 2.26. The zero-order chi connectivity index (χ0) is 14.5. The summed E-state index contributed by atoms with van der Waals surface area (Å²) in [5.74, 6) is 0.612. The Labute approximate surface area is 120 Å². The van der Waals surface area contributed by atoms with E-state index in [1.165, 1.54) is 6.42 Å². The third kappa shape index (κ3) is 3.56. The molecule has 20 heavy (non-hydrogen) atoms. The van der Waals surface area contributed by atoms with E-state index in [1.807, 2.05) is 36.0 Å². The third-order valence-corrected chi connectivity index (χ3v) is 3.57. The summed E-state index contributed by atoms with van der Waals surface area (Å²) in [6.45, 7) is 1.74. The lowest BCUT2D eigenvalue weighted by Gasteiger charge is -2.26. The van der Waals surface area contributed by atoms with Crippen LogP contribution in [0.5, 0.6) is 5.75 Å². The SMILES string of the molecule is CN(C)c1ccc(N)c(OCC(=O)N2CCCCC2)c1. The van der Waals surface area contributed by atoms with Crippen molar-refractivity contribution in [1.82, 2.24) is 4.90 Å². The Hall–Kier alpha value is -1.91. The van der Waals surface area contributed by atoms with E-state index in [9.17, 15) is 4.79 Å².